The van der Waals surface area contributed by atoms with Gasteiger partial charge in [-0.15, -0.1) is 0 Å². The van der Waals surface area contributed by atoms with Gasteiger partial charge in [-0.3, -0.25) is 0 Å². The molecule has 5 nitrogen and oxygen atoms in total. The van der Waals surface area contributed by atoms with E-state index in [1.54, 1.807) is 12.1 Å². The number of ether oxygens (including phenoxy) is 1. The zero-order valence-corrected chi connectivity index (χ0v) is 18.7. The Morgan fingerprint density at radius 1 is 0.839 bits per heavy atom. The zero-order valence-electron chi connectivity index (χ0n) is 17.1. The summed E-state index contributed by atoms with van der Waals surface area (Å²) in [5.41, 5.74) is 0.209. The topological polar surface area (TPSA) is 69.7 Å². The van der Waals surface area contributed by atoms with E-state index in [2.05, 4.69) is 30.8 Å². The minimum absolute atomic E-state index is 0.208. The van der Waals surface area contributed by atoms with Crippen molar-refractivity contribution in [1.29, 1.82) is 0 Å². The van der Waals surface area contributed by atoms with Crippen LogP contribution in [-0.2, 0) is 30.5 Å². The molecule has 0 bridgehead atoms. The van der Waals surface area contributed by atoms with Crippen LogP contribution in [0.1, 0.15) is 6.92 Å². The molecule has 0 aliphatic heterocycles. The smallest absolute Gasteiger partial charge is 0.333 e. The van der Waals surface area contributed by atoms with E-state index < -0.39 is 21.8 Å². The highest BCUT2D eigenvalue weighted by molar-refractivity contribution is 7.97. The average molecular weight is 456 g/mol. The van der Waals surface area contributed by atoms with Crippen molar-refractivity contribution < 1.29 is 22.1 Å². The first-order valence-corrected chi connectivity index (χ1v) is 12.4. The van der Waals surface area contributed by atoms with Crippen LogP contribution in [0.2, 0.25) is 0 Å². The molecule has 160 valence electrons. The van der Waals surface area contributed by atoms with Gasteiger partial charge in [0.15, 0.2) is 14.7 Å². The van der Waals surface area contributed by atoms with Crippen molar-refractivity contribution in [3.8, 4) is 5.75 Å². The van der Waals surface area contributed by atoms with E-state index in [0.717, 1.165) is 14.7 Å². The summed E-state index contributed by atoms with van der Waals surface area (Å²) in [6, 6.07) is 27.3. The Bertz CT molecular complexity index is 1090. The van der Waals surface area contributed by atoms with Gasteiger partial charge in [-0.1, -0.05) is 43.0 Å². The third-order valence-corrected chi connectivity index (χ3v) is 7.50. The summed E-state index contributed by atoms with van der Waals surface area (Å²) in [5.74, 6) is -0.861. The van der Waals surface area contributed by atoms with Crippen LogP contribution < -0.4 is 4.18 Å². The Labute approximate surface area is 185 Å². The van der Waals surface area contributed by atoms with Crippen molar-refractivity contribution in [3.05, 3.63) is 97.1 Å². The SMILES string of the molecule is C=C(C)C(=O)OCCS(=O)(=O)Oc1ccc([S+](c2ccccc2)c2ccccc2)cc1. The molecule has 0 saturated carbocycles. The van der Waals surface area contributed by atoms with Gasteiger partial charge in [0.05, 0.1) is 10.9 Å². The fourth-order valence-electron chi connectivity index (χ4n) is 2.70. The molecule has 0 unspecified atom stereocenters. The summed E-state index contributed by atoms with van der Waals surface area (Å²) in [5, 5.41) is 0. The second-order valence-corrected chi connectivity index (χ2v) is 10.4. The van der Waals surface area contributed by atoms with Gasteiger partial charge in [0.2, 0.25) is 0 Å². The lowest BCUT2D eigenvalue weighted by atomic mass is 10.3. The molecule has 3 aromatic carbocycles. The average Bonchev–Trinajstić information content (AvgIpc) is 2.76. The maximum Gasteiger partial charge on any atom is 0.333 e. The lowest BCUT2D eigenvalue weighted by molar-refractivity contribution is -0.138. The van der Waals surface area contributed by atoms with Crippen LogP contribution >= 0.6 is 0 Å². The van der Waals surface area contributed by atoms with Crippen molar-refractivity contribution in [1.82, 2.24) is 0 Å². The van der Waals surface area contributed by atoms with Crippen molar-refractivity contribution >= 4 is 27.0 Å². The molecule has 31 heavy (non-hydrogen) atoms. The van der Waals surface area contributed by atoms with Gasteiger partial charge in [-0.05, 0) is 55.5 Å². The van der Waals surface area contributed by atoms with E-state index in [1.165, 1.54) is 6.92 Å². The molecule has 0 aliphatic rings. The molecule has 0 radical (unpaired) electrons. The predicted molar refractivity (Wildman–Crippen MR) is 122 cm³/mol. The quantitative estimate of drug-likeness (QED) is 0.204. The Morgan fingerprint density at radius 3 is 1.81 bits per heavy atom. The van der Waals surface area contributed by atoms with Gasteiger partial charge < -0.3 is 8.92 Å². The molecule has 0 aliphatic carbocycles. The van der Waals surface area contributed by atoms with E-state index in [4.69, 9.17) is 8.92 Å². The largest absolute Gasteiger partial charge is 0.461 e. The standard InChI is InChI=1S/C24H23O5S2/c1-19(2)24(25)28-17-18-31(26,27)29-20-13-15-23(16-14-20)30(21-9-5-3-6-10-21)22-11-7-4-8-12-22/h3-16H,1,17-18H2,2H3/q+1. The maximum absolute atomic E-state index is 12.2. The van der Waals surface area contributed by atoms with E-state index in [9.17, 15) is 13.2 Å². The van der Waals surface area contributed by atoms with Crippen LogP contribution in [0.3, 0.4) is 0 Å². The highest BCUT2D eigenvalue weighted by Crippen LogP contribution is 2.32. The van der Waals surface area contributed by atoms with E-state index >= 15 is 0 Å². The number of hydrogen-bond donors (Lipinski definition) is 0. The molecule has 0 fully saturated rings. The molecule has 0 aromatic heterocycles. The molecule has 0 amide bonds. The summed E-state index contributed by atoms with van der Waals surface area (Å²) in [6.07, 6.45) is 0. The first kappa shape index (κ1) is 22.7. The number of esters is 1. The number of hydrogen-bond acceptors (Lipinski definition) is 5. The molecule has 0 N–H and O–H groups in total. The highest BCUT2D eigenvalue weighted by atomic mass is 32.2. The van der Waals surface area contributed by atoms with Crippen molar-refractivity contribution in [2.24, 2.45) is 0 Å². The van der Waals surface area contributed by atoms with Crippen LogP contribution in [0.4, 0.5) is 0 Å². The molecule has 3 rings (SSSR count). The van der Waals surface area contributed by atoms with Gasteiger partial charge in [-0.2, -0.15) is 8.42 Å². The summed E-state index contributed by atoms with van der Waals surface area (Å²) in [7, 11) is -4.23. The minimum Gasteiger partial charge on any atom is -0.461 e. The summed E-state index contributed by atoms with van der Waals surface area (Å²) >= 11 is 0. The molecular formula is C24H23O5S2+. The third kappa shape index (κ3) is 6.47. The summed E-state index contributed by atoms with van der Waals surface area (Å²) in [6.45, 7) is 4.65. The van der Waals surface area contributed by atoms with Crippen molar-refractivity contribution in [3.63, 3.8) is 0 Å². The van der Waals surface area contributed by atoms with Gasteiger partial charge in [0.25, 0.3) is 0 Å². The molecule has 7 heteroatoms. The molecular weight excluding hydrogens is 432 g/mol. The zero-order chi connectivity index (χ0) is 22.3. The van der Waals surface area contributed by atoms with Gasteiger partial charge in [-0.25, -0.2) is 4.79 Å². The van der Waals surface area contributed by atoms with Crippen LogP contribution in [0.25, 0.3) is 0 Å². The summed E-state index contributed by atoms with van der Waals surface area (Å²) < 4.78 is 34.3. The Morgan fingerprint density at radius 2 is 1.32 bits per heavy atom. The third-order valence-electron chi connectivity index (χ3n) is 4.16. The number of carbonyl (C=O) groups excluding carboxylic acids is 1. The van der Waals surface area contributed by atoms with Crippen molar-refractivity contribution in [2.75, 3.05) is 12.4 Å². The van der Waals surface area contributed by atoms with Gasteiger partial charge in [0.1, 0.15) is 18.1 Å². The monoisotopic (exact) mass is 455 g/mol. The minimum atomic E-state index is -3.90. The normalized spacial score (nSPS) is 11.2. The second-order valence-electron chi connectivity index (χ2n) is 6.67. The number of carbonyl (C=O) groups is 1. The number of rotatable bonds is 9. The van der Waals surface area contributed by atoms with Crippen LogP contribution in [0, 0.1) is 0 Å². The lowest BCUT2D eigenvalue weighted by Gasteiger charge is -2.10. The molecule has 3 aromatic rings. The summed E-state index contributed by atoms with van der Waals surface area (Å²) in [4.78, 5) is 14.7. The molecule has 0 atom stereocenters. The maximum atomic E-state index is 12.2. The van der Waals surface area contributed by atoms with Crippen LogP contribution in [-0.4, -0.2) is 26.7 Å². The van der Waals surface area contributed by atoms with Gasteiger partial charge in [0, 0.05) is 5.57 Å². The van der Waals surface area contributed by atoms with E-state index in [-0.39, 0.29) is 28.8 Å². The van der Waals surface area contributed by atoms with Gasteiger partial charge >= 0.3 is 16.1 Å². The molecule has 0 spiro atoms. The fraction of sp³-hybridized carbons (Fsp3) is 0.125. The van der Waals surface area contributed by atoms with Crippen LogP contribution in [0.15, 0.2) is 112 Å². The Balaban J connectivity index is 1.75. The van der Waals surface area contributed by atoms with E-state index in [1.807, 2.05) is 48.5 Å². The first-order chi connectivity index (χ1) is 14.9. The van der Waals surface area contributed by atoms with Crippen LogP contribution in [0.5, 0.6) is 5.75 Å². The number of benzene rings is 3. The van der Waals surface area contributed by atoms with E-state index in [0.29, 0.717) is 0 Å². The molecule has 0 saturated heterocycles. The Kier molecular flexibility index (Phi) is 7.55. The highest BCUT2D eigenvalue weighted by Gasteiger charge is 2.28. The molecule has 0 heterocycles. The predicted octanol–water partition coefficient (Wildman–Crippen LogP) is 4.61. The second kappa shape index (κ2) is 10.3. The Hall–Kier alpha value is -3.03. The van der Waals surface area contributed by atoms with Crippen molar-refractivity contribution in [2.45, 2.75) is 21.6 Å². The first-order valence-electron chi connectivity index (χ1n) is 9.55. The lowest BCUT2D eigenvalue weighted by Crippen LogP contribution is -2.20. The fourth-order valence-corrected chi connectivity index (χ4v) is 5.56.